The second-order valence-electron chi connectivity index (χ2n) is 5.35. The Bertz CT molecular complexity index is 1110. The van der Waals surface area contributed by atoms with Gasteiger partial charge in [0.25, 0.3) is 5.89 Å². The lowest BCUT2D eigenvalue weighted by Gasteiger charge is -2.07. The van der Waals surface area contributed by atoms with Crippen molar-refractivity contribution in [3.8, 4) is 22.9 Å². The van der Waals surface area contributed by atoms with E-state index in [9.17, 15) is 13.2 Å². The Kier molecular flexibility index (Phi) is 5.63. The Hall–Kier alpha value is -2.96. The minimum absolute atomic E-state index is 0.0584. The highest BCUT2D eigenvalue weighted by Crippen LogP contribution is 2.31. The maximum Gasteiger partial charge on any atom is 0.339 e. The fourth-order valence-electron chi connectivity index (χ4n) is 2.19. The van der Waals surface area contributed by atoms with E-state index in [0.717, 1.165) is 17.4 Å². The van der Waals surface area contributed by atoms with E-state index in [1.54, 1.807) is 18.2 Å². The lowest BCUT2D eigenvalue weighted by Crippen LogP contribution is -2.10. The number of hydrogen-bond acceptors (Lipinski definition) is 10. The molecule has 0 spiro atoms. The summed E-state index contributed by atoms with van der Waals surface area (Å²) in [5, 5.41) is 10.2. The Labute approximate surface area is 163 Å². The number of nitrogens with zero attached hydrogens (tertiary/aromatic N) is 2. The Morgan fingerprint density at radius 3 is 2.68 bits per heavy atom. The second kappa shape index (κ2) is 7.96. The molecule has 0 unspecified atom stereocenters. The molecule has 10 nitrogen and oxygen atoms in total. The van der Waals surface area contributed by atoms with Crippen LogP contribution < -0.4 is 14.6 Å². The van der Waals surface area contributed by atoms with E-state index in [-0.39, 0.29) is 28.1 Å². The first-order valence-corrected chi connectivity index (χ1v) is 10.1. The summed E-state index contributed by atoms with van der Waals surface area (Å²) in [5.74, 6) is 0.652. The molecule has 0 aliphatic heterocycles. The molecule has 148 valence electrons. The van der Waals surface area contributed by atoms with Crippen LogP contribution in [0.3, 0.4) is 0 Å². The highest BCUT2D eigenvalue weighted by Gasteiger charge is 2.18. The van der Waals surface area contributed by atoms with E-state index < -0.39 is 16.0 Å². The predicted octanol–water partition coefficient (Wildman–Crippen LogP) is 1.82. The predicted molar refractivity (Wildman–Crippen MR) is 97.6 cm³/mol. The zero-order valence-electron chi connectivity index (χ0n) is 14.7. The van der Waals surface area contributed by atoms with Crippen molar-refractivity contribution in [2.24, 2.45) is 5.14 Å². The molecule has 28 heavy (non-hydrogen) atoms. The number of esters is 1. The monoisotopic (exact) mass is 425 g/mol. The largest absolute Gasteiger partial charge is 0.497 e. The van der Waals surface area contributed by atoms with Gasteiger partial charge in [0, 0.05) is 11.4 Å². The summed E-state index contributed by atoms with van der Waals surface area (Å²) >= 11 is 0.826. The van der Waals surface area contributed by atoms with Gasteiger partial charge in [0.2, 0.25) is 15.8 Å². The molecule has 2 N–H and O–H groups in total. The molecule has 0 aliphatic rings. The van der Waals surface area contributed by atoms with Gasteiger partial charge in [-0.1, -0.05) is 5.16 Å². The SMILES string of the molecule is COc1ccc(-c2noc(COC(=O)c3csc(S(N)(=O)=O)c3)n2)c(OC)c1. The molecule has 2 aromatic heterocycles. The highest BCUT2D eigenvalue weighted by atomic mass is 32.2. The van der Waals surface area contributed by atoms with Gasteiger partial charge in [0.15, 0.2) is 6.61 Å². The third-order valence-electron chi connectivity index (χ3n) is 3.54. The van der Waals surface area contributed by atoms with Crippen LogP contribution in [0.1, 0.15) is 16.2 Å². The molecule has 0 bridgehead atoms. The zero-order valence-corrected chi connectivity index (χ0v) is 16.4. The van der Waals surface area contributed by atoms with Gasteiger partial charge in [-0.2, -0.15) is 4.98 Å². The molecule has 12 heteroatoms. The lowest BCUT2D eigenvalue weighted by atomic mass is 10.2. The number of primary sulfonamides is 1. The van der Waals surface area contributed by atoms with Gasteiger partial charge in [-0.15, -0.1) is 11.3 Å². The standard InChI is InChI=1S/C16H15N3O7S2/c1-23-10-3-4-11(12(6-10)24-2)15-18-13(26-19-15)7-25-16(20)9-5-14(27-8-9)28(17,21)22/h3-6,8H,7H2,1-2H3,(H2,17,21,22). The third kappa shape index (κ3) is 4.30. The number of hydrogen-bond donors (Lipinski definition) is 1. The van der Waals surface area contributed by atoms with Crippen molar-refractivity contribution in [1.82, 2.24) is 10.1 Å². The van der Waals surface area contributed by atoms with Crippen LogP contribution in [0.4, 0.5) is 0 Å². The number of nitrogens with two attached hydrogens (primary N) is 1. The summed E-state index contributed by atoms with van der Waals surface area (Å²) in [6.07, 6.45) is 0. The molecule has 0 atom stereocenters. The fourth-order valence-corrected chi connectivity index (χ4v) is 3.76. The summed E-state index contributed by atoms with van der Waals surface area (Å²) in [7, 11) is -0.838. The maximum absolute atomic E-state index is 12.0. The number of ether oxygens (including phenoxy) is 3. The van der Waals surface area contributed by atoms with Gasteiger partial charge in [-0.3, -0.25) is 0 Å². The van der Waals surface area contributed by atoms with Crippen molar-refractivity contribution >= 4 is 27.3 Å². The average Bonchev–Trinajstić information content (AvgIpc) is 3.35. The zero-order chi connectivity index (χ0) is 20.3. The van der Waals surface area contributed by atoms with Crippen LogP contribution in [0.25, 0.3) is 11.4 Å². The van der Waals surface area contributed by atoms with Crippen molar-refractivity contribution in [3.63, 3.8) is 0 Å². The van der Waals surface area contributed by atoms with Gasteiger partial charge in [0.1, 0.15) is 15.7 Å². The van der Waals surface area contributed by atoms with Crippen molar-refractivity contribution in [1.29, 1.82) is 0 Å². The minimum Gasteiger partial charge on any atom is -0.497 e. The van der Waals surface area contributed by atoms with Crippen LogP contribution >= 0.6 is 11.3 Å². The summed E-state index contributed by atoms with van der Waals surface area (Å²) in [4.78, 5) is 16.2. The molecule has 0 fully saturated rings. The molecule has 0 amide bonds. The first-order chi connectivity index (χ1) is 13.3. The fraction of sp³-hybridized carbons (Fsp3) is 0.188. The van der Waals surface area contributed by atoms with E-state index in [2.05, 4.69) is 10.1 Å². The van der Waals surface area contributed by atoms with E-state index in [4.69, 9.17) is 23.9 Å². The average molecular weight is 425 g/mol. The van der Waals surface area contributed by atoms with Crippen molar-refractivity contribution < 1.29 is 31.9 Å². The van der Waals surface area contributed by atoms with Gasteiger partial charge >= 0.3 is 5.97 Å². The van der Waals surface area contributed by atoms with Crippen LogP contribution in [0.15, 0.2) is 38.4 Å². The van der Waals surface area contributed by atoms with E-state index in [0.29, 0.717) is 17.1 Å². The van der Waals surface area contributed by atoms with Gasteiger partial charge < -0.3 is 18.7 Å². The molecule has 0 aliphatic carbocycles. The van der Waals surface area contributed by atoms with Gasteiger partial charge in [-0.05, 0) is 18.2 Å². The van der Waals surface area contributed by atoms with Crippen molar-refractivity contribution in [3.05, 3.63) is 41.1 Å². The van der Waals surface area contributed by atoms with Crippen LogP contribution in [-0.4, -0.2) is 38.7 Å². The normalized spacial score (nSPS) is 11.2. The lowest BCUT2D eigenvalue weighted by molar-refractivity contribution is 0.0430. The Morgan fingerprint density at radius 1 is 1.25 bits per heavy atom. The molecule has 0 saturated carbocycles. The molecule has 1 aromatic carbocycles. The number of methoxy groups -OCH3 is 2. The van der Waals surface area contributed by atoms with Crippen molar-refractivity contribution in [2.45, 2.75) is 10.8 Å². The van der Waals surface area contributed by atoms with Gasteiger partial charge in [-0.25, -0.2) is 18.4 Å². The Morgan fingerprint density at radius 2 is 2.04 bits per heavy atom. The topological polar surface area (TPSA) is 144 Å². The Balaban J connectivity index is 1.70. The summed E-state index contributed by atoms with van der Waals surface area (Å²) in [6, 6.07) is 6.24. The molecule has 0 saturated heterocycles. The molecule has 2 heterocycles. The van der Waals surface area contributed by atoms with Crippen molar-refractivity contribution in [2.75, 3.05) is 14.2 Å². The first kappa shape index (κ1) is 19.8. The van der Waals surface area contributed by atoms with Crippen LogP contribution in [0.5, 0.6) is 11.5 Å². The maximum atomic E-state index is 12.0. The van der Waals surface area contributed by atoms with Crippen LogP contribution in [0.2, 0.25) is 0 Å². The highest BCUT2D eigenvalue weighted by molar-refractivity contribution is 7.91. The number of rotatable bonds is 7. The molecular formula is C16H15N3O7S2. The molecule has 3 aromatic rings. The molecule has 3 rings (SSSR count). The smallest absolute Gasteiger partial charge is 0.339 e. The van der Waals surface area contributed by atoms with E-state index >= 15 is 0 Å². The second-order valence-corrected chi connectivity index (χ2v) is 8.05. The third-order valence-corrected chi connectivity index (χ3v) is 5.92. The van der Waals surface area contributed by atoms with Crippen LogP contribution in [0, 0.1) is 0 Å². The summed E-state index contributed by atoms with van der Waals surface area (Å²) in [6.45, 7) is -0.287. The number of thiophene rings is 1. The number of aromatic nitrogens is 2. The molecule has 0 radical (unpaired) electrons. The minimum atomic E-state index is -3.87. The van der Waals surface area contributed by atoms with E-state index in [1.807, 2.05) is 0 Å². The summed E-state index contributed by atoms with van der Waals surface area (Å²) < 4.78 is 43.0. The summed E-state index contributed by atoms with van der Waals surface area (Å²) in [5.41, 5.74) is 0.630. The number of sulfonamides is 1. The van der Waals surface area contributed by atoms with Crippen LogP contribution in [-0.2, 0) is 21.4 Å². The van der Waals surface area contributed by atoms with Gasteiger partial charge in [0.05, 0.1) is 25.3 Å². The molecular weight excluding hydrogens is 410 g/mol. The number of benzene rings is 1. The first-order valence-electron chi connectivity index (χ1n) is 7.65. The van der Waals surface area contributed by atoms with E-state index in [1.165, 1.54) is 19.6 Å². The number of carbonyl (C=O) groups excluding carboxylic acids is 1. The quantitative estimate of drug-likeness (QED) is 0.560. The number of carbonyl (C=O) groups is 1.